The van der Waals surface area contributed by atoms with Crippen molar-refractivity contribution in [3.05, 3.63) is 34.3 Å². The fraction of sp³-hybridized carbons (Fsp3) is 0.167. The molecule has 0 unspecified atom stereocenters. The van der Waals surface area contributed by atoms with Crippen LogP contribution in [0.4, 0.5) is 3.89 Å². The number of H-pyrrole nitrogens is 1. The van der Waals surface area contributed by atoms with Crippen LogP contribution in [0.2, 0.25) is 0 Å². The Kier molecular flexibility index (Phi) is 2.82. The lowest BCUT2D eigenvalue weighted by Crippen LogP contribution is -2.19. The second kappa shape index (κ2) is 4.11. The van der Waals surface area contributed by atoms with E-state index in [1.54, 1.807) is 0 Å². The highest BCUT2D eigenvalue weighted by atomic mass is 32.2. The van der Waals surface area contributed by atoms with E-state index < -0.39 is 0 Å². The van der Waals surface area contributed by atoms with Gasteiger partial charge in [-0.15, -0.1) is 0 Å². The number of benzene rings is 1. The minimum atomic E-state index is 0.371. The topological polar surface area (TPSA) is 15.8 Å². The maximum atomic E-state index is 12.1. The highest BCUT2D eigenvalue weighted by molar-refractivity contribution is 7.94. The zero-order chi connectivity index (χ0) is 10.8. The molecular formula is C12H12FNS. The molecule has 1 N–H and O–H groups in total. The largest absolute Gasteiger partial charge is 0.355 e. The number of aryl methyl sites for hydroxylation is 1. The Hall–Kier alpha value is -1.22. The van der Waals surface area contributed by atoms with E-state index in [-0.39, 0.29) is 0 Å². The van der Waals surface area contributed by atoms with E-state index in [2.05, 4.69) is 18.1 Å². The average molecular weight is 221 g/mol. The molecule has 0 saturated carbocycles. The fourth-order valence-corrected chi connectivity index (χ4v) is 2.10. The summed E-state index contributed by atoms with van der Waals surface area (Å²) in [6.07, 6.45) is 0.721. The van der Waals surface area contributed by atoms with Gasteiger partial charge in [0, 0.05) is 34.2 Å². The summed E-state index contributed by atoms with van der Waals surface area (Å²) in [6, 6.07) is 5.97. The van der Waals surface area contributed by atoms with Crippen LogP contribution in [0.25, 0.3) is 24.1 Å². The second-order valence-corrected chi connectivity index (χ2v) is 4.11. The Morgan fingerprint density at radius 2 is 2.13 bits per heavy atom. The molecule has 78 valence electrons. The summed E-state index contributed by atoms with van der Waals surface area (Å²) in [7, 11) is 0. The van der Waals surface area contributed by atoms with Crippen LogP contribution in [0.5, 0.6) is 0 Å². The first kappa shape index (κ1) is 10.3. The van der Waals surface area contributed by atoms with E-state index in [0.717, 1.165) is 33.5 Å². The summed E-state index contributed by atoms with van der Waals surface area (Å²) in [5.74, 6) is 0.482. The number of rotatable bonds is 3. The number of hydrogen-bond acceptors (Lipinski definition) is 1. The molecule has 0 fully saturated rings. The number of hydrogen-bond donors (Lipinski definition) is 1. The van der Waals surface area contributed by atoms with Crippen molar-refractivity contribution in [2.24, 2.45) is 0 Å². The lowest BCUT2D eigenvalue weighted by atomic mass is 10.1. The normalized spacial score (nSPS) is 11.0. The van der Waals surface area contributed by atoms with Crippen molar-refractivity contribution in [1.29, 1.82) is 0 Å². The Bertz CT molecular complexity index is 573. The van der Waals surface area contributed by atoms with Crippen LogP contribution >= 0.6 is 12.1 Å². The number of nitrogens with one attached hydrogen (secondary N) is 1. The molecule has 15 heavy (non-hydrogen) atoms. The molecule has 2 aromatic rings. The first-order chi connectivity index (χ1) is 7.24. The smallest absolute Gasteiger partial charge is 0.0467 e. The molecule has 0 spiro atoms. The molecule has 1 nitrogen and oxygen atoms in total. The van der Waals surface area contributed by atoms with E-state index >= 15 is 0 Å². The quantitative estimate of drug-likeness (QED) is 0.839. The summed E-state index contributed by atoms with van der Waals surface area (Å²) < 4.78 is 12.1. The SMILES string of the molecule is C=c1[nH]c2cccc(CCSF)c2c1=C. The number of aromatic nitrogens is 1. The van der Waals surface area contributed by atoms with Gasteiger partial charge >= 0.3 is 0 Å². The van der Waals surface area contributed by atoms with Crippen LogP contribution in [0, 0.1) is 0 Å². The van der Waals surface area contributed by atoms with Gasteiger partial charge in [0.05, 0.1) is 0 Å². The van der Waals surface area contributed by atoms with Gasteiger partial charge in [-0.05, 0) is 23.3 Å². The third kappa shape index (κ3) is 1.79. The van der Waals surface area contributed by atoms with Crippen LogP contribution in [-0.4, -0.2) is 10.7 Å². The van der Waals surface area contributed by atoms with E-state index in [4.69, 9.17) is 0 Å². The van der Waals surface area contributed by atoms with Gasteiger partial charge in [0.1, 0.15) is 0 Å². The standard InChI is InChI=1S/C12H12FNS/c1-8-9(2)14-11-5-3-4-10(12(8)11)6-7-15-13/h3-5,14H,1-2,6-7H2. The van der Waals surface area contributed by atoms with Crippen LogP contribution in [0.15, 0.2) is 18.2 Å². The number of fused-ring (bicyclic) bond motifs is 1. The van der Waals surface area contributed by atoms with Gasteiger partial charge in [0.2, 0.25) is 0 Å². The zero-order valence-electron chi connectivity index (χ0n) is 8.35. The van der Waals surface area contributed by atoms with E-state index in [9.17, 15) is 3.89 Å². The van der Waals surface area contributed by atoms with E-state index in [1.807, 2.05) is 18.2 Å². The minimum absolute atomic E-state index is 0.371. The van der Waals surface area contributed by atoms with E-state index in [0.29, 0.717) is 17.9 Å². The highest BCUT2D eigenvalue weighted by Gasteiger charge is 2.03. The molecule has 2 rings (SSSR count). The molecule has 0 bridgehead atoms. The number of halogens is 1. The van der Waals surface area contributed by atoms with Crippen molar-refractivity contribution >= 4 is 36.2 Å². The average Bonchev–Trinajstić information content (AvgIpc) is 2.53. The predicted molar refractivity (Wildman–Crippen MR) is 65.9 cm³/mol. The van der Waals surface area contributed by atoms with Gasteiger partial charge in [-0.1, -0.05) is 25.3 Å². The van der Waals surface area contributed by atoms with Gasteiger partial charge in [0.25, 0.3) is 0 Å². The third-order valence-corrected chi connectivity index (χ3v) is 2.91. The lowest BCUT2D eigenvalue weighted by Gasteiger charge is -2.00. The summed E-state index contributed by atoms with van der Waals surface area (Å²) in [5.41, 5.74) is 2.17. The molecule has 1 heterocycles. The summed E-state index contributed by atoms with van der Waals surface area (Å²) in [4.78, 5) is 3.17. The molecule has 0 radical (unpaired) electrons. The second-order valence-electron chi connectivity index (χ2n) is 3.49. The van der Waals surface area contributed by atoms with Gasteiger partial charge in [0.15, 0.2) is 0 Å². The first-order valence-corrected chi connectivity index (χ1v) is 5.63. The van der Waals surface area contributed by atoms with Gasteiger partial charge in [-0.25, -0.2) is 0 Å². The van der Waals surface area contributed by atoms with Crippen LogP contribution in [0.1, 0.15) is 5.56 Å². The van der Waals surface area contributed by atoms with E-state index in [1.165, 1.54) is 0 Å². The molecule has 1 aromatic carbocycles. The van der Waals surface area contributed by atoms with Crippen molar-refractivity contribution in [3.8, 4) is 0 Å². The highest BCUT2D eigenvalue weighted by Crippen LogP contribution is 2.15. The Balaban J connectivity index is 2.64. The molecule has 0 saturated heterocycles. The number of aromatic amines is 1. The molecular weight excluding hydrogens is 209 g/mol. The maximum Gasteiger partial charge on any atom is 0.0467 e. The molecule has 0 aliphatic carbocycles. The molecule has 0 atom stereocenters. The Labute approximate surface area is 92.0 Å². The minimum Gasteiger partial charge on any atom is -0.355 e. The Morgan fingerprint density at radius 1 is 1.33 bits per heavy atom. The van der Waals surface area contributed by atoms with Crippen molar-refractivity contribution in [2.45, 2.75) is 6.42 Å². The molecule has 0 aliphatic rings. The summed E-state index contributed by atoms with van der Waals surface area (Å²) in [6.45, 7) is 7.86. The monoisotopic (exact) mass is 221 g/mol. The Morgan fingerprint density at radius 3 is 2.87 bits per heavy atom. The van der Waals surface area contributed by atoms with Gasteiger partial charge < -0.3 is 4.98 Å². The molecule has 0 aliphatic heterocycles. The van der Waals surface area contributed by atoms with Crippen molar-refractivity contribution in [2.75, 3.05) is 5.75 Å². The first-order valence-electron chi connectivity index (χ1n) is 4.75. The third-order valence-electron chi connectivity index (χ3n) is 2.55. The van der Waals surface area contributed by atoms with Gasteiger partial charge in [-0.2, -0.15) is 3.89 Å². The lowest BCUT2D eigenvalue weighted by molar-refractivity contribution is 0.928. The van der Waals surface area contributed by atoms with Crippen LogP contribution in [-0.2, 0) is 6.42 Å². The molecule has 0 amide bonds. The molecule has 3 heteroatoms. The van der Waals surface area contributed by atoms with Crippen LogP contribution < -0.4 is 10.6 Å². The van der Waals surface area contributed by atoms with Crippen LogP contribution in [0.3, 0.4) is 0 Å². The maximum absolute atomic E-state index is 12.1. The fourth-order valence-electron chi connectivity index (χ4n) is 1.81. The van der Waals surface area contributed by atoms with Gasteiger partial charge in [-0.3, -0.25) is 0 Å². The predicted octanol–water partition coefficient (Wildman–Crippen LogP) is 2.15. The molecule has 1 aromatic heterocycles. The summed E-state index contributed by atoms with van der Waals surface area (Å²) >= 11 is 0.371. The van der Waals surface area contributed by atoms with Crippen molar-refractivity contribution in [3.63, 3.8) is 0 Å². The zero-order valence-corrected chi connectivity index (χ0v) is 9.16. The summed E-state index contributed by atoms with van der Waals surface area (Å²) in [5, 5.41) is 2.85. The van der Waals surface area contributed by atoms with Crippen molar-refractivity contribution in [1.82, 2.24) is 4.98 Å². The van der Waals surface area contributed by atoms with Crippen molar-refractivity contribution < 1.29 is 3.89 Å².